The zero-order valence-corrected chi connectivity index (χ0v) is 16.9. The molecule has 156 valence electrons. The fourth-order valence-corrected chi connectivity index (χ4v) is 4.21. The van der Waals surface area contributed by atoms with Crippen molar-refractivity contribution in [3.8, 4) is 5.75 Å². The lowest BCUT2D eigenvalue weighted by Crippen LogP contribution is -2.42. The number of aryl methyl sites for hydroxylation is 1. The van der Waals surface area contributed by atoms with Crippen LogP contribution in [0.2, 0.25) is 0 Å². The Bertz CT molecular complexity index is 796. The number of rotatable bonds is 5. The fraction of sp³-hybridized carbons (Fsp3) is 0.591. The van der Waals surface area contributed by atoms with Gasteiger partial charge < -0.3 is 19.3 Å². The molecule has 0 spiro atoms. The van der Waals surface area contributed by atoms with Crippen molar-refractivity contribution in [2.45, 2.75) is 38.5 Å². The van der Waals surface area contributed by atoms with E-state index in [0.29, 0.717) is 32.5 Å². The molecule has 2 aliphatic heterocycles. The Morgan fingerprint density at radius 1 is 1.03 bits per heavy atom. The second-order valence-corrected chi connectivity index (χ2v) is 8.13. The number of piperidine rings is 1. The molecule has 0 N–H and O–H groups in total. The lowest BCUT2D eigenvalue weighted by atomic mass is 9.96. The summed E-state index contributed by atoms with van der Waals surface area (Å²) in [6, 6.07) is 5.68. The number of ether oxygens (including phenoxy) is 2. The number of amides is 2. The number of anilines is 1. The van der Waals surface area contributed by atoms with Gasteiger partial charge in [-0.15, -0.1) is 0 Å². The number of methoxy groups -OCH3 is 1. The lowest BCUT2D eigenvalue weighted by Gasteiger charge is -2.32. The van der Waals surface area contributed by atoms with Gasteiger partial charge in [-0.25, -0.2) is 0 Å². The highest BCUT2D eigenvalue weighted by atomic mass is 16.5. The van der Waals surface area contributed by atoms with Crippen LogP contribution in [0.4, 0.5) is 5.69 Å². The van der Waals surface area contributed by atoms with E-state index in [2.05, 4.69) is 0 Å². The van der Waals surface area contributed by atoms with Gasteiger partial charge in [0.1, 0.15) is 5.75 Å². The molecule has 2 amide bonds. The van der Waals surface area contributed by atoms with Gasteiger partial charge in [-0.1, -0.05) is 0 Å². The molecule has 2 fully saturated rings. The summed E-state index contributed by atoms with van der Waals surface area (Å²) < 4.78 is 10.6. The Hall–Kier alpha value is -2.57. The third-order valence-corrected chi connectivity index (χ3v) is 6.11. The smallest absolute Gasteiger partial charge is 0.309 e. The van der Waals surface area contributed by atoms with E-state index in [1.807, 2.05) is 23.1 Å². The number of fused-ring (bicyclic) bond motifs is 1. The Balaban J connectivity index is 1.28. The molecule has 1 aliphatic carbocycles. The first-order chi connectivity index (χ1) is 14.1. The summed E-state index contributed by atoms with van der Waals surface area (Å²) in [6.07, 6.45) is 4.97. The number of benzene rings is 1. The van der Waals surface area contributed by atoms with E-state index in [-0.39, 0.29) is 36.2 Å². The maximum atomic E-state index is 12.7. The fourth-order valence-electron chi connectivity index (χ4n) is 4.21. The van der Waals surface area contributed by atoms with E-state index in [0.717, 1.165) is 42.7 Å². The van der Waals surface area contributed by atoms with Gasteiger partial charge in [-0.05, 0) is 62.3 Å². The van der Waals surface area contributed by atoms with Gasteiger partial charge in [-0.2, -0.15) is 0 Å². The number of nitrogens with zero attached hydrogens (tertiary/aromatic N) is 2. The van der Waals surface area contributed by atoms with Crippen molar-refractivity contribution >= 4 is 23.5 Å². The molecule has 4 rings (SSSR count). The number of esters is 1. The molecule has 0 bridgehead atoms. The molecule has 0 atom stereocenters. The van der Waals surface area contributed by atoms with Crippen LogP contribution in [0.1, 0.15) is 37.7 Å². The molecular weight excluding hydrogens is 372 g/mol. The predicted molar refractivity (Wildman–Crippen MR) is 107 cm³/mol. The van der Waals surface area contributed by atoms with E-state index in [1.165, 1.54) is 0 Å². The predicted octanol–water partition coefficient (Wildman–Crippen LogP) is 2.17. The second-order valence-electron chi connectivity index (χ2n) is 8.13. The van der Waals surface area contributed by atoms with Crippen molar-refractivity contribution in [3.63, 3.8) is 0 Å². The lowest BCUT2D eigenvalue weighted by molar-refractivity contribution is -0.154. The minimum atomic E-state index is -0.330. The van der Waals surface area contributed by atoms with Gasteiger partial charge in [-0.3, -0.25) is 14.4 Å². The molecule has 1 saturated heterocycles. The zero-order valence-electron chi connectivity index (χ0n) is 16.9. The first kappa shape index (κ1) is 19.7. The molecule has 0 aromatic heterocycles. The summed E-state index contributed by atoms with van der Waals surface area (Å²) in [7, 11) is 1.62. The van der Waals surface area contributed by atoms with E-state index in [4.69, 9.17) is 9.47 Å². The number of hydrogen-bond donors (Lipinski definition) is 0. The highest BCUT2D eigenvalue weighted by molar-refractivity contribution is 5.96. The van der Waals surface area contributed by atoms with Crippen molar-refractivity contribution in [1.29, 1.82) is 0 Å². The first-order valence-corrected chi connectivity index (χ1v) is 10.5. The average Bonchev–Trinajstić information content (AvgIpc) is 3.61. The maximum Gasteiger partial charge on any atom is 0.309 e. The van der Waals surface area contributed by atoms with Crippen LogP contribution in [0.5, 0.6) is 5.75 Å². The Morgan fingerprint density at radius 3 is 2.48 bits per heavy atom. The highest BCUT2D eigenvalue weighted by Crippen LogP contribution is 2.33. The molecular formula is C22H28N2O5. The Kier molecular flexibility index (Phi) is 5.74. The summed E-state index contributed by atoms with van der Waals surface area (Å²) in [5, 5.41) is 0. The van der Waals surface area contributed by atoms with Crippen molar-refractivity contribution < 1.29 is 23.9 Å². The minimum Gasteiger partial charge on any atom is -0.497 e. The van der Waals surface area contributed by atoms with Gasteiger partial charge in [0.2, 0.25) is 5.91 Å². The van der Waals surface area contributed by atoms with Crippen LogP contribution < -0.4 is 9.64 Å². The molecule has 3 aliphatic rings. The van der Waals surface area contributed by atoms with Gasteiger partial charge in [0.25, 0.3) is 5.91 Å². The van der Waals surface area contributed by atoms with Crippen LogP contribution in [0, 0.1) is 11.8 Å². The SMILES string of the molecule is COc1ccc2c(c1)CCCN2C(=O)COC(=O)C1CCN(C(=O)C2CC2)CC1. The van der Waals surface area contributed by atoms with E-state index in [9.17, 15) is 14.4 Å². The normalized spacial score (nSPS) is 19.5. The largest absolute Gasteiger partial charge is 0.497 e. The Labute approximate surface area is 170 Å². The van der Waals surface area contributed by atoms with Crippen LogP contribution in [-0.2, 0) is 25.5 Å². The van der Waals surface area contributed by atoms with Crippen molar-refractivity contribution in [2.24, 2.45) is 11.8 Å². The molecule has 29 heavy (non-hydrogen) atoms. The molecule has 0 radical (unpaired) electrons. The highest BCUT2D eigenvalue weighted by Gasteiger charge is 2.36. The van der Waals surface area contributed by atoms with Gasteiger partial charge in [0.05, 0.1) is 13.0 Å². The topological polar surface area (TPSA) is 76.2 Å². The van der Waals surface area contributed by atoms with Crippen LogP contribution in [-0.4, -0.2) is 56.0 Å². The second kappa shape index (κ2) is 8.43. The van der Waals surface area contributed by atoms with E-state index >= 15 is 0 Å². The molecule has 7 nitrogen and oxygen atoms in total. The first-order valence-electron chi connectivity index (χ1n) is 10.5. The van der Waals surface area contributed by atoms with E-state index in [1.54, 1.807) is 12.0 Å². The molecule has 1 aromatic rings. The Morgan fingerprint density at radius 2 is 1.79 bits per heavy atom. The van der Waals surface area contributed by atoms with Gasteiger partial charge in [0, 0.05) is 31.2 Å². The third kappa shape index (κ3) is 4.38. The summed E-state index contributed by atoms with van der Waals surface area (Å²) in [4.78, 5) is 40.8. The summed E-state index contributed by atoms with van der Waals surface area (Å²) in [5.41, 5.74) is 1.94. The number of hydrogen-bond acceptors (Lipinski definition) is 5. The summed E-state index contributed by atoms with van der Waals surface area (Å²) in [6.45, 7) is 1.58. The average molecular weight is 400 g/mol. The number of likely N-dealkylation sites (tertiary alicyclic amines) is 1. The maximum absolute atomic E-state index is 12.7. The van der Waals surface area contributed by atoms with Crippen molar-refractivity contribution in [2.75, 3.05) is 38.3 Å². The zero-order chi connectivity index (χ0) is 20.4. The molecule has 2 heterocycles. The third-order valence-electron chi connectivity index (χ3n) is 6.11. The van der Waals surface area contributed by atoms with Crippen molar-refractivity contribution in [1.82, 2.24) is 4.90 Å². The van der Waals surface area contributed by atoms with Gasteiger partial charge >= 0.3 is 5.97 Å². The van der Waals surface area contributed by atoms with Crippen LogP contribution in [0.3, 0.4) is 0 Å². The van der Waals surface area contributed by atoms with Gasteiger partial charge in [0.15, 0.2) is 6.61 Å². The van der Waals surface area contributed by atoms with Crippen LogP contribution >= 0.6 is 0 Å². The number of carbonyl (C=O) groups excluding carboxylic acids is 3. The molecule has 1 aromatic carbocycles. The standard InChI is InChI=1S/C22H28N2O5/c1-28-18-6-7-19-17(13-18)3-2-10-24(19)20(25)14-29-22(27)16-8-11-23(12-9-16)21(26)15-4-5-15/h6-7,13,15-16H,2-5,8-12,14H2,1H3. The molecule has 7 heteroatoms. The number of carbonyl (C=O) groups is 3. The van der Waals surface area contributed by atoms with E-state index < -0.39 is 0 Å². The minimum absolute atomic E-state index is 0.203. The summed E-state index contributed by atoms with van der Waals surface area (Å²) >= 11 is 0. The molecule has 0 unspecified atom stereocenters. The quantitative estimate of drug-likeness (QED) is 0.708. The van der Waals surface area contributed by atoms with Crippen molar-refractivity contribution in [3.05, 3.63) is 23.8 Å². The summed E-state index contributed by atoms with van der Waals surface area (Å²) in [5.74, 6) is 0.450. The van der Waals surface area contributed by atoms with Crippen LogP contribution in [0.25, 0.3) is 0 Å². The van der Waals surface area contributed by atoms with Crippen LogP contribution in [0.15, 0.2) is 18.2 Å². The molecule has 1 saturated carbocycles. The monoisotopic (exact) mass is 400 g/mol.